The molecule has 0 atom stereocenters. The Morgan fingerprint density at radius 1 is 0.750 bits per heavy atom. The Bertz CT molecular complexity index is 150. The predicted octanol–water partition coefficient (Wildman–Crippen LogP) is 4.47. The molecule has 0 spiro atoms. The second-order valence-corrected chi connectivity index (χ2v) is 5.36. The summed E-state index contributed by atoms with van der Waals surface area (Å²) in [7, 11) is 0. The van der Waals surface area contributed by atoms with E-state index in [0.29, 0.717) is 0 Å². The van der Waals surface area contributed by atoms with Crippen molar-refractivity contribution >= 4 is 0 Å². The Morgan fingerprint density at radius 2 is 1.25 bits per heavy atom. The molecule has 1 aliphatic heterocycles. The van der Waals surface area contributed by atoms with Crippen molar-refractivity contribution in [1.82, 2.24) is 4.90 Å². The summed E-state index contributed by atoms with van der Waals surface area (Å²) >= 11 is 0. The average Bonchev–Trinajstić information content (AvgIpc) is 3.09. The summed E-state index contributed by atoms with van der Waals surface area (Å²) in [6.07, 6.45) is 11.8. The Hall–Kier alpha value is -0.0400. The van der Waals surface area contributed by atoms with Crippen LogP contribution in [-0.2, 0) is 0 Å². The summed E-state index contributed by atoms with van der Waals surface area (Å²) in [5.74, 6) is 0.992. The van der Waals surface area contributed by atoms with E-state index in [0.717, 1.165) is 12.0 Å². The molecule has 16 heavy (non-hydrogen) atoms. The molecular formula is C15H31N. The van der Waals surface area contributed by atoms with Crippen LogP contribution in [0.5, 0.6) is 0 Å². The fourth-order valence-electron chi connectivity index (χ4n) is 2.15. The van der Waals surface area contributed by atoms with Crippen LogP contribution in [0.1, 0.15) is 72.1 Å². The minimum absolute atomic E-state index is 0.988. The zero-order chi connectivity index (χ0) is 11.8. The molecule has 1 saturated heterocycles. The Labute approximate surface area is 103 Å². The molecule has 0 radical (unpaired) electrons. The van der Waals surface area contributed by atoms with E-state index in [1.807, 2.05) is 13.8 Å². The fourth-order valence-corrected chi connectivity index (χ4v) is 2.15. The van der Waals surface area contributed by atoms with Gasteiger partial charge in [-0.25, -0.2) is 0 Å². The van der Waals surface area contributed by atoms with Gasteiger partial charge in [0.2, 0.25) is 0 Å². The highest BCUT2D eigenvalue weighted by Crippen LogP contribution is 2.28. The zero-order valence-electron chi connectivity index (χ0n) is 11.7. The first-order valence-corrected chi connectivity index (χ1v) is 7.60. The summed E-state index contributed by atoms with van der Waals surface area (Å²) in [5.41, 5.74) is 0. The minimum Gasteiger partial charge on any atom is -0.300 e. The van der Waals surface area contributed by atoms with E-state index >= 15 is 0 Å². The van der Waals surface area contributed by atoms with Crippen LogP contribution >= 0.6 is 0 Å². The van der Waals surface area contributed by atoms with Gasteiger partial charge in [-0.05, 0) is 44.7 Å². The minimum atomic E-state index is 0.988. The van der Waals surface area contributed by atoms with Crippen molar-refractivity contribution in [2.24, 2.45) is 5.92 Å². The van der Waals surface area contributed by atoms with Gasteiger partial charge < -0.3 is 4.90 Å². The third-order valence-corrected chi connectivity index (χ3v) is 3.76. The molecule has 0 bridgehead atoms. The van der Waals surface area contributed by atoms with E-state index in [-0.39, 0.29) is 0 Å². The first-order valence-electron chi connectivity index (χ1n) is 7.60. The lowest BCUT2D eigenvalue weighted by molar-refractivity contribution is 0.0883. The van der Waals surface area contributed by atoms with Crippen molar-refractivity contribution in [2.75, 3.05) is 13.1 Å². The molecule has 1 heteroatoms. The average molecular weight is 225 g/mol. The van der Waals surface area contributed by atoms with E-state index in [1.54, 1.807) is 0 Å². The van der Waals surface area contributed by atoms with Gasteiger partial charge in [-0.15, -0.1) is 0 Å². The summed E-state index contributed by atoms with van der Waals surface area (Å²) in [6, 6.07) is 0.988. The maximum atomic E-state index is 2.71. The van der Waals surface area contributed by atoms with Crippen LogP contribution in [0.3, 0.4) is 0 Å². The van der Waals surface area contributed by atoms with Crippen molar-refractivity contribution in [2.45, 2.75) is 78.2 Å². The lowest BCUT2D eigenvalue weighted by Gasteiger charge is -2.41. The van der Waals surface area contributed by atoms with Gasteiger partial charge in [0.15, 0.2) is 0 Å². The molecule has 3 aliphatic rings. The van der Waals surface area contributed by atoms with E-state index in [9.17, 15) is 0 Å². The molecule has 2 aliphatic carbocycles. The van der Waals surface area contributed by atoms with E-state index in [1.165, 1.54) is 64.5 Å². The first-order chi connectivity index (χ1) is 7.86. The molecule has 3 rings (SSSR count). The highest BCUT2D eigenvalue weighted by Gasteiger charge is 2.27. The predicted molar refractivity (Wildman–Crippen MR) is 72.8 cm³/mol. The summed E-state index contributed by atoms with van der Waals surface area (Å²) < 4.78 is 0. The largest absolute Gasteiger partial charge is 0.300 e. The van der Waals surface area contributed by atoms with Crippen LogP contribution in [0.2, 0.25) is 0 Å². The quantitative estimate of drug-likeness (QED) is 0.636. The fraction of sp³-hybridized carbons (Fsp3) is 1.00. The molecule has 0 N–H and O–H groups in total. The maximum Gasteiger partial charge on any atom is 0.00952 e. The van der Waals surface area contributed by atoms with E-state index < -0.39 is 0 Å². The monoisotopic (exact) mass is 225 g/mol. The molecule has 96 valence electrons. The van der Waals surface area contributed by atoms with Crippen LogP contribution in [-0.4, -0.2) is 24.0 Å². The maximum absolute atomic E-state index is 2.71. The number of nitrogens with zero attached hydrogens (tertiary/aromatic N) is 1. The topological polar surface area (TPSA) is 3.24 Å². The lowest BCUT2D eigenvalue weighted by atomic mass is 9.88. The van der Waals surface area contributed by atoms with E-state index in [4.69, 9.17) is 0 Å². The molecule has 1 heterocycles. The van der Waals surface area contributed by atoms with Crippen molar-refractivity contribution in [3.8, 4) is 0 Å². The Balaban J connectivity index is 0.000000216. The normalized spacial score (nSPS) is 25.7. The molecular weight excluding hydrogens is 194 g/mol. The Morgan fingerprint density at radius 3 is 1.56 bits per heavy atom. The molecule has 3 fully saturated rings. The highest BCUT2D eigenvalue weighted by molar-refractivity contribution is 4.82. The third-order valence-electron chi connectivity index (χ3n) is 3.76. The van der Waals surface area contributed by atoms with Crippen molar-refractivity contribution in [1.29, 1.82) is 0 Å². The summed E-state index contributed by atoms with van der Waals surface area (Å²) in [5, 5.41) is 0. The molecule has 0 amide bonds. The standard InChI is InChI=1S/C10H19N.C3H6.C2H6/c1-9-5-7-11(8-6-9)10-3-2-4-10;1-2-3-1;1-2/h9-10H,2-8H2,1H3;1-3H2;1-2H3. The number of piperidine rings is 1. The summed E-state index contributed by atoms with van der Waals surface area (Å²) in [6.45, 7) is 9.15. The molecule has 0 aromatic carbocycles. The molecule has 0 unspecified atom stereocenters. The van der Waals surface area contributed by atoms with Gasteiger partial charge in [-0.2, -0.15) is 0 Å². The number of hydrogen-bond donors (Lipinski definition) is 0. The highest BCUT2D eigenvalue weighted by atomic mass is 15.2. The zero-order valence-corrected chi connectivity index (χ0v) is 11.7. The number of rotatable bonds is 1. The molecule has 0 aromatic rings. The second-order valence-electron chi connectivity index (χ2n) is 5.36. The molecule has 2 saturated carbocycles. The first kappa shape index (κ1) is 14.0. The van der Waals surface area contributed by atoms with Crippen LogP contribution in [0.4, 0.5) is 0 Å². The van der Waals surface area contributed by atoms with Crippen molar-refractivity contribution in [3.63, 3.8) is 0 Å². The Kier molecular flexibility index (Phi) is 7.11. The number of likely N-dealkylation sites (tertiary alicyclic amines) is 1. The van der Waals surface area contributed by atoms with Gasteiger partial charge in [0, 0.05) is 6.04 Å². The van der Waals surface area contributed by atoms with Gasteiger partial charge in [0.25, 0.3) is 0 Å². The van der Waals surface area contributed by atoms with Gasteiger partial charge in [0.1, 0.15) is 0 Å². The number of hydrogen-bond acceptors (Lipinski definition) is 1. The van der Waals surface area contributed by atoms with Gasteiger partial charge in [-0.1, -0.05) is 46.5 Å². The third kappa shape index (κ3) is 5.34. The van der Waals surface area contributed by atoms with Crippen LogP contribution in [0.25, 0.3) is 0 Å². The van der Waals surface area contributed by atoms with Gasteiger partial charge in [0.05, 0.1) is 0 Å². The lowest BCUT2D eigenvalue weighted by Crippen LogP contribution is -2.44. The molecule has 0 aromatic heterocycles. The second kappa shape index (κ2) is 8.11. The van der Waals surface area contributed by atoms with Crippen molar-refractivity contribution < 1.29 is 0 Å². The van der Waals surface area contributed by atoms with Crippen LogP contribution < -0.4 is 0 Å². The van der Waals surface area contributed by atoms with Gasteiger partial charge >= 0.3 is 0 Å². The van der Waals surface area contributed by atoms with Crippen LogP contribution in [0.15, 0.2) is 0 Å². The summed E-state index contributed by atoms with van der Waals surface area (Å²) in [4.78, 5) is 2.71. The smallest absolute Gasteiger partial charge is 0.00952 e. The van der Waals surface area contributed by atoms with E-state index in [2.05, 4.69) is 11.8 Å². The van der Waals surface area contributed by atoms with Gasteiger partial charge in [-0.3, -0.25) is 0 Å². The molecule has 1 nitrogen and oxygen atoms in total. The SMILES string of the molecule is C1CC1.CC.CC1CCN(C2CCC2)CC1. The van der Waals surface area contributed by atoms with Crippen LogP contribution in [0, 0.1) is 5.92 Å². The van der Waals surface area contributed by atoms with Crippen molar-refractivity contribution in [3.05, 3.63) is 0 Å².